The highest BCUT2D eigenvalue weighted by molar-refractivity contribution is 6.37. The predicted octanol–water partition coefficient (Wildman–Crippen LogP) is 6.42. The molecule has 5 rings (SSSR count). The van der Waals surface area contributed by atoms with Crippen LogP contribution in [0, 0.1) is 12.3 Å². The van der Waals surface area contributed by atoms with Crippen molar-refractivity contribution < 1.29 is 14.2 Å². The van der Waals surface area contributed by atoms with Crippen molar-refractivity contribution in [3.05, 3.63) is 57.8 Å². The number of aryl methyl sites for hydroxylation is 1. The lowest BCUT2D eigenvalue weighted by molar-refractivity contribution is 0.0899. The molecular formula is C26H28Cl2N4O3. The number of hydrogen-bond donors (Lipinski definition) is 1. The number of anilines is 3. The van der Waals surface area contributed by atoms with Crippen LogP contribution in [0.25, 0.3) is 0 Å². The minimum Gasteiger partial charge on any atom is -0.495 e. The lowest BCUT2D eigenvalue weighted by atomic mass is 9.63. The molecule has 1 aliphatic carbocycles. The minimum absolute atomic E-state index is 0.169. The van der Waals surface area contributed by atoms with Crippen LogP contribution in [0.1, 0.15) is 30.4 Å². The van der Waals surface area contributed by atoms with Crippen LogP contribution in [-0.2, 0) is 6.61 Å². The number of benzene rings is 2. The first kappa shape index (κ1) is 23.8. The number of halogens is 2. The van der Waals surface area contributed by atoms with Gasteiger partial charge in [-0.05, 0) is 43.5 Å². The monoisotopic (exact) mass is 514 g/mol. The van der Waals surface area contributed by atoms with Crippen LogP contribution >= 0.6 is 23.2 Å². The third-order valence-electron chi connectivity index (χ3n) is 6.91. The van der Waals surface area contributed by atoms with Gasteiger partial charge in [-0.2, -0.15) is 0 Å². The summed E-state index contributed by atoms with van der Waals surface area (Å²) in [5.74, 6) is 2.35. The van der Waals surface area contributed by atoms with E-state index < -0.39 is 0 Å². The quantitative estimate of drug-likeness (QED) is 0.371. The van der Waals surface area contributed by atoms with Crippen LogP contribution < -0.4 is 24.4 Å². The Morgan fingerprint density at radius 2 is 1.71 bits per heavy atom. The molecule has 184 valence electrons. The molecule has 1 saturated heterocycles. The second-order valence-electron chi connectivity index (χ2n) is 9.25. The van der Waals surface area contributed by atoms with E-state index in [9.17, 15) is 0 Å². The van der Waals surface area contributed by atoms with Crippen molar-refractivity contribution in [2.45, 2.75) is 32.8 Å². The Morgan fingerprint density at radius 1 is 1.00 bits per heavy atom. The van der Waals surface area contributed by atoms with E-state index in [1.807, 2.05) is 19.1 Å². The average molecular weight is 515 g/mol. The first-order chi connectivity index (χ1) is 16.9. The van der Waals surface area contributed by atoms with Crippen LogP contribution in [0.15, 0.2) is 36.7 Å². The van der Waals surface area contributed by atoms with Gasteiger partial charge in [0.1, 0.15) is 18.1 Å². The standard InChI is InChI=1S/C26H28Cl2N4O3/c1-16-9-22(34-3)24(28)19(23(16)27)13-35-18-11-29-25(30-12-18)31-17-5-6-20(21(10-17)33-2)32-14-26(15-32)7-4-8-26/h5-6,9-12H,4,7-8,13-15H2,1-3H3,(H,29,30,31). The van der Waals surface area contributed by atoms with E-state index in [1.54, 1.807) is 32.7 Å². The summed E-state index contributed by atoms with van der Waals surface area (Å²) in [4.78, 5) is 11.1. The summed E-state index contributed by atoms with van der Waals surface area (Å²) in [7, 11) is 3.27. The number of hydrogen-bond acceptors (Lipinski definition) is 7. The second kappa shape index (κ2) is 9.63. The Balaban J connectivity index is 1.22. The molecule has 2 fully saturated rings. The van der Waals surface area contributed by atoms with Gasteiger partial charge in [-0.15, -0.1) is 0 Å². The average Bonchev–Trinajstić information content (AvgIpc) is 2.81. The molecule has 2 aromatic carbocycles. The molecule has 2 heterocycles. The smallest absolute Gasteiger partial charge is 0.227 e. The van der Waals surface area contributed by atoms with Gasteiger partial charge in [0.2, 0.25) is 5.95 Å². The molecule has 1 spiro atoms. The first-order valence-corrected chi connectivity index (χ1v) is 12.3. The normalized spacial score (nSPS) is 15.9. The van der Waals surface area contributed by atoms with Gasteiger partial charge >= 0.3 is 0 Å². The Morgan fingerprint density at radius 3 is 2.34 bits per heavy atom. The molecule has 9 heteroatoms. The third-order valence-corrected chi connectivity index (χ3v) is 7.86. The Labute approximate surface area is 215 Å². The number of nitrogens with zero attached hydrogens (tertiary/aromatic N) is 3. The van der Waals surface area contributed by atoms with Gasteiger partial charge in [0.25, 0.3) is 0 Å². The van der Waals surface area contributed by atoms with Crippen LogP contribution in [-0.4, -0.2) is 37.3 Å². The van der Waals surface area contributed by atoms with Crippen molar-refractivity contribution >= 4 is 40.5 Å². The molecular weight excluding hydrogens is 487 g/mol. The van der Waals surface area contributed by atoms with E-state index in [4.69, 9.17) is 37.4 Å². The van der Waals surface area contributed by atoms with Gasteiger partial charge in [0, 0.05) is 35.8 Å². The fourth-order valence-electron chi connectivity index (χ4n) is 4.76. The summed E-state index contributed by atoms with van der Waals surface area (Å²) in [6.07, 6.45) is 7.27. The molecule has 0 bridgehead atoms. The minimum atomic E-state index is 0.169. The van der Waals surface area contributed by atoms with Crippen molar-refractivity contribution in [3.8, 4) is 17.2 Å². The molecule has 0 radical (unpaired) electrons. The summed E-state index contributed by atoms with van der Waals surface area (Å²) in [5, 5.41) is 4.21. The fraction of sp³-hybridized carbons (Fsp3) is 0.385. The highest BCUT2D eigenvalue weighted by atomic mass is 35.5. The van der Waals surface area contributed by atoms with E-state index >= 15 is 0 Å². The molecule has 7 nitrogen and oxygen atoms in total. The highest BCUT2D eigenvalue weighted by Gasteiger charge is 2.47. The fourth-order valence-corrected chi connectivity index (χ4v) is 5.30. The van der Waals surface area contributed by atoms with E-state index in [-0.39, 0.29) is 6.61 Å². The largest absolute Gasteiger partial charge is 0.495 e. The van der Waals surface area contributed by atoms with Gasteiger partial charge in [0.05, 0.1) is 42.3 Å². The molecule has 0 amide bonds. The maximum Gasteiger partial charge on any atom is 0.227 e. The zero-order chi connectivity index (χ0) is 24.6. The summed E-state index contributed by atoms with van der Waals surface area (Å²) in [6.45, 7) is 4.30. The number of aromatic nitrogens is 2. The zero-order valence-electron chi connectivity index (χ0n) is 20.0. The molecule has 0 unspecified atom stereocenters. The lowest BCUT2D eigenvalue weighted by Crippen LogP contribution is -2.59. The van der Waals surface area contributed by atoms with Crippen molar-refractivity contribution in [1.29, 1.82) is 0 Å². The maximum absolute atomic E-state index is 6.43. The van der Waals surface area contributed by atoms with Gasteiger partial charge < -0.3 is 24.4 Å². The number of methoxy groups -OCH3 is 2. The molecule has 1 N–H and O–H groups in total. The summed E-state index contributed by atoms with van der Waals surface area (Å²) in [6, 6.07) is 7.89. The van der Waals surface area contributed by atoms with Crippen molar-refractivity contribution in [2.75, 3.05) is 37.5 Å². The Bertz CT molecular complexity index is 1220. The SMILES string of the molecule is COc1cc(Nc2ncc(OCc3c(Cl)c(C)cc(OC)c3Cl)cn2)ccc1N1CC2(CCC2)C1. The molecule has 35 heavy (non-hydrogen) atoms. The molecule has 1 aliphatic heterocycles. The van der Waals surface area contributed by atoms with Gasteiger partial charge in [0.15, 0.2) is 5.75 Å². The summed E-state index contributed by atoms with van der Waals surface area (Å²) in [5.41, 5.74) is 4.06. The predicted molar refractivity (Wildman–Crippen MR) is 139 cm³/mol. The van der Waals surface area contributed by atoms with Gasteiger partial charge in [-0.1, -0.05) is 29.6 Å². The lowest BCUT2D eigenvalue weighted by Gasteiger charge is -2.57. The summed E-state index contributed by atoms with van der Waals surface area (Å²) < 4.78 is 16.8. The highest BCUT2D eigenvalue weighted by Crippen LogP contribution is 2.51. The molecule has 0 atom stereocenters. The molecule has 3 aromatic rings. The van der Waals surface area contributed by atoms with Crippen LogP contribution in [0.4, 0.5) is 17.3 Å². The first-order valence-electron chi connectivity index (χ1n) is 11.6. The third kappa shape index (κ3) is 4.67. The topological polar surface area (TPSA) is 68.7 Å². The van der Waals surface area contributed by atoms with Crippen molar-refractivity contribution in [1.82, 2.24) is 9.97 Å². The Hall–Kier alpha value is -2.90. The maximum atomic E-state index is 6.43. The van der Waals surface area contributed by atoms with E-state index in [2.05, 4.69) is 26.3 Å². The molecule has 2 aliphatic rings. The molecule has 1 aromatic heterocycles. The zero-order valence-corrected chi connectivity index (χ0v) is 21.5. The van der Waals surface area contributed by atoms with Crippen molar-refractivity contribution in [3.63, 3.8) is 0 Å². The summed E-state index contributed by atoms with van der Waals surface area (Å²) >= 11 is 12.8. The second-order valence-corrected chi connectivity index (χ2v) is 10.0. The van der Waals surface area contributed by atoms with Crippen LogP contribution in [0.5, 0.6) is 17.2 Å². The van der Waals surface area contributed by atoms with E-state index in [0.29, 0.717) is 38.5 Å². The van der Waals surface area contributed by atoms with E-state index in [1.165, 1.54) is 19.3 Å². The number of ether oxygens (including phenoxy) is 3. The number of rotatable bonds is 8. The van der Waals surface area contributed by atoms with Crippen molar-refractivity contribution in [2.24, 2.45) is 5.41 Å². The number of nitrogens with one attached hydrogen (secondary N) is 1. The van der Waals surface area contributed by atoms with E-state index in [0.717, 1.165) is 35.8 Å². The van der Waals surface area contributed by atoms with Gasteiger partial charge in [-0.25, -0.2) is 9.97 Å². The Kier molecular flexibility index (Phi) is 6.55. The van der Waals surface area contributed by atoms with Crippen LogP contribution in [0.3, 0.4) is 0 Å². The molecule has 1 saturated carbocycles. The van der Waals surface area contributed by atoms with Crippen LogP contribution in [0.2, 0.25) is 10.0 Å². The van der Waals surface area contributed by atoms with Gasteiger partial charge in [-0.3, -0.25) is 0 Å².